The molecule has 30 heavy (non-hydrogen) atoms. The summed E-state index contributed by atoms with van der Waals surface area (Å²) in [5, 5.41) is 10.4. The van der Waals surface area contributed by atoms with E-state index in [1.54, 1.807) is 34.4 Å². The molecule has 164 valence electrons. The first-order valence-electron chi connectivity index (χ1n) is 9.42. The van der Waals surface area contributed by atoms with Crippen LogP contribution in [0.15, 0.2) is 61.6 Å². The van der Waals surface area contributed by atoms with E-state index >= 15 is 0 Å². The van der Waals surface area contributed by atoms with Crippen LogP contribution in [0.1, 0.15) is 39.0 Å². The maximum absolute atomic E-state index is 12.5. The molecule has 0 saturated heterocycles. The monoisotopic (exact) mass is 453 g/mol. The van der Waals surface area contributed by atoms with Crippen LogP contribution >= 0.6 is 11.8 Å². The Hall–Kier alpha value is -2.21. The number of carbonyl (C=O) groups is 1. The van der Waals surface area contributed by atoms with E-state index in [0.29, 0.717) is 24.5 Å². The molecule has 2 atom stereocenters. The molecule has 11 heteroatoms. The molecule has 9 nitrogen and oxygen atoms in total. The Morgan fingerprint density at radius 1 is 1.47 bits per heavy atom. The summed E-state index contributed by atoms with van der Waals surface area (Å²) < 4.78 is 19.6. The van der Waals surface area contributed by atoms with Crippen molar-refractivity contribution in [3.05, 3.63) is 62.7 Å². The van der Waals surface area contributed by atoms with Crippen LogP contribution in [0.25, 0.3) is 0 Å². The fourth-order valence-corrected chi connectivity index (χ4v) is 4.27. The lowest BCUT2D eigenvalue weighted by Crippen LogP contribution is -2.43. The molecule has 1 aliphatic rings. The van der Waals surface area contributed by atoms with Crippen molar-refractivity contribution in [1.29, 1.82) is 0 Å². The van der Waals surface area contributed by atoms with Gasteiger partial charge in [0.15, 0.2) is 5.78 Å². The number of nitroso groups, excluding NO2 is 1. The van der Waals surface area contributed by atoms with E-state index in [-0.39, 0.29) is 35.3 Å². The van der Waals surface area contributed by atoms with Crippen LogP contribution in [0, 0.1) is 4.91 Å². The number of hydrogen-bond acceptors (Lipinski definition) is 9. The van der Waals surface area contributed by atoms with Crippen molar-refractivity contribution in [3.63, 3.8) is 0 Å². The molecule has 0 radical (unpaired) electrons. The molecule has 3 N–H and O–H groups in total. The first-order valence-corrected chi connectivity index (χ1v) is 11.9. The number of nitrogens with zero attached hydrogens (tertiary/aromatic N) is 3. The molecular formula is C19H27N5O4S2. The molecule has 0 spiro atoms. The van der Waals surface area contributed by atoms with Gasteiger partial charge in [-0.3, -0.25) is 4.79 Å². The van der Waals surface area contributed by atoms with Crippen molar-refractivity contribution in [2.75, 3.05) is 19.3 Å². The lowest BCUT2D eigenvalue weighted by Gasteiger charge is -2.34. The number of rotatable bonds is 12. The van der Waals surface area contributed by atoms with E-state index in [2.05, 4.69) is 10.5 Å². The number of thioether (sulfide) groups is 1. The first-order chi connectivity index (χ1) is 14.4. The predicted octanol–water partition coefficient (Wildman–Crippen LogP) is 3.11. The molecule has 1 aromatic rings. The zero-order valence-electron chi connectivity index (χ0n) is 17.5. The zero-order valence-corrected chi connectivity index (χ0v) is 19.1. The van der Waals surface area contributed by atoms with Crippen LogP contribution in [0.2, 0.25) is 0 Å². The van der Waals surface area contributed by atoms with Gasteiger partial charge >= 0.3 is 0 Å². The molecule has 0 amide bonds. The van der Waals surface area contributed by atoms with Crippen molar-refractivity contribution in [1.82, 2.24) is 14.6 Å². The van der Waals surface area contributed by atoms with Crippen molar-refractivity contribution in [2.24, 2.45) is 11.0 Å². The third kappa shape index (κ3) is 5.48. The van der Waals surface area contributed by atoms with Gasteiger partial charge < -0.3 is 14.7 Å². The molecule has 0 fully saturated rings. The van der Waals surface area contributed by atoms with Gasteiger partial charge in [0.1, 0.15) is 28.1 Å². The third-order valence-corrected chi connectivity index (χ3v) is 6.54. The summed E-state index contributed by atoms with van der Waals surface area (Å²) in [5.41, 5.74) is 1.12. The number of allylic oxidation sites excluding steroid dienone is 2. The largest absolute Gasteiger partial charge is 0.467 e. The summed E-state index contributed by atoms with van der Waals surface area (Å²) in [7, 11) is -1.53. The van der Waals surface area contributed by atoms with Gasteiger partial charge in [-0.05, 0) is 35.9 Å². The summed E-state index contributed by atoms with van der Waals surface area (Å²) in [6.45, 7) is 6.72. The van der Waals surface area contributed by atoms with Gasteiger partial charge in [-0.25, -0.2) is 14.4 Å². The highest BCUT2D eigenvalue weighted by molar-refractivity contribution is 8.01. The molecule has 2 unspecified atom stereocenters. The van der Waals surface area contributed by atoms with E-state index in [9.17, 15) is 13.9 Å². The minimum Gasteiger partial charge on any atom is -0.467 e. The number of nitrogens with two attached hydrogens (primary N) is 1. The number of hydrogen-bond donors (Lipinski definition) is 2. The number of nitrogens with one attached hydrogen (secondary N) is 1. The lowest BCUT2D eigenvalue weighted by atomic mass is 9.97. The van der Waals surface area contributed by atoms with Gasteiger partial charge in [-0.15, -0.1) is 16.7 Å². The van der Waals surface area contributed by atoms with Crippen LogP contribution < -0.4 is 11.2 Å². The number of hydrazine groups is 1. The lowest BCUT2D eigenvalue weighted by molar-refractivity contribution is -0.118. The quantitative estimate of drug-likeness (QED) is 0.214. The fraction of sp³-hybridized carbons (Fsp3) is 0.421. The summed E-state index contributed by atoms with van der Waals surface area (Å²) in [6.07, 6.45) is 3.52. The number of ketones is 1. The molecule has 2 rings (SSSR count). The third-order valence-electron chi connectivity index (χ3n) is 4.62. The number of Topliss-reactive ketones (excluding diaryl/α,β-unsaturated/α-hetero) is 1. The summed E-state index contributed by atoms with van der Waals surface area (Å²) >= 11 is 1.32. The van der Waals surface area contributed by atoms with Crippen LogP contribution in [-0.4, -0.2) is 38.7 Å². The maximum Gasteiger partial charge on any atom is 0.186 e. The standard InChI is InChI=1S/C19H27N5O4S2/c1-5-23(6-2)30(27)12-15(22-26)14(11-29-4)21-19-16(10-17(19)25)24(20)13(3)18-8-7-9-28-18/h7-9,11-13,21H,5-6,10,20H2,1-4H3/b14-11+,15-12-. The molecule has 0 aliphatic heterocycles. The van der Waals surface area contributed by atoms with E-state index in [1.807, 2.05) is 20.8 Å². The highest BCUT2D eigenvalue weighted by Crippen LogP contribution is 2.32. The number of carbonyl (C=O) groups excluding carboxylic acids is 1. The van der Waals surface area contributed by atoms with Gasteiger partial charge in [0.25, 0.3) is 0 Å². The van der Waals surface area contributed by atoms with E-state index < -0.39 is 11.0 Å². The minimum atomic E-state index is -1.53. The normalized spacial score (nSPS) is 17.1. The highest BCUT2D eigenvalue weighted by Gasteiger charge is 2.34. The van der Waals surface area contributed by atoms with E-state index in [1.165, 1.54) is 22.2 Å². The van der Waals surface area contributed by atoms with Gasteiger partial charge in [0.2, 0.25) is 0 Å². The fourth-order valence-electron chi connectivity index (χ4n) is 2.83. The van der Waals surface area contributed by atoms with Gasteiger partial charge in [0, 0.05) is 18.5 Å². The topological polar surface area (TPSA) is 121 Å². The second-order valence-corrected chi connectivity index (χ2v) is 8.41. The summed E-state index contributed by atoms with van der Waals surface area (Å²) in [5.74, 6) is 6.74. The first kappa shape index (κ1) is 24.1. The molecule has 1 aliphatic carbocycles. The Labute approximate surface area is 182 Å². The van der Waals surface area contributed by atoms with E-state index in [4.69, 9.17) is 10.3 Å². The van der Waals surface area contributed by atoms with Crippen LogP contribution in [-0.2, 0) is 15.8 Å². The molecular weight excluding hydrogens is 426 g/mol. The van der Waals surface area contributed by atoms with Gasteiger partial charge in [0.05, 0.1) is 30.1 Å². The Morgan fingerprint density at radius 2 is 2.17 bits per heavy atom. The second-order valence-electron chi connectivity index (χ2n) is 6.40. The van der Waals surface area contributed by atoms with Crippen LogP contribution in [0.4, 0.5) is 0 Å². The molecule has 1 aromatic heterocycles. The van der Waals surface area contributed by atoms with E-state index in [0.717, 1.165) is 0 Å². The Bertz CT molecular complexity index is 875. The Morgan fingerprint density at radius 3 is 2.67 bits per heavy atom. The average Bonchev–Trinajstić information content (AvgIpc) is 3.28. The molecule has 0 saturated carbocycles. The Kier molecular flexibility index (Phi) is 9.03. The van der Waals surface area contributed by atoms with Crippen molar-refractivity contribution in [2.45, 2.75) is 33.2 Å². The van der Waals surface area contributed by atoms with Crippen molar-refractivity contribution in [3.8, 4) is 0 Å². The smallest absolute Gasteiger partial charge is 0.186 e. The van der Waals surface area contributed by atoms with Gasteiger partial charge in [-0.1, -0.05) is 13.8 Å². The van der Waals surface area contributed by atoms with Crippen LogP contribution in [0.3, 0.4) is 0 Å². The summed E-state index contributed by atoms with van der Waals surface area (Å²) in [6, 6.07) is 3.28. The van der Waals surface area contributed by atoms with Crippen molar-refractivity contribution >= 4 is 28.5 Å². The van der Waals surface area contributed by atoms with Crippen LogP contribution in [0.5, 0.6) is 0 Å². The minimum absolute atomic E-state index is 0.0382. The molecule has 0 bridgehead atoms. The second kappa shape index (κ2) is 11.3. The average molecular weight is 454 g/mol. The SMILES string of the molecule is CCN(CC)S(=O)/C=C(N=O)/C(=C\SC)NC1=C(N(N)C(C)c2ccco2)CC1=O. The zero-order chi connectivity index (χ0) is 22.3. The summed E-state index contributed by atoms with van der Waals surface area (Å²) in [4.78, 5) is 23.8. The predicted molar refractivity (Wildman–Crippen MR) is 119 cm³/mol. The Balaban J connectivity index is 2.30. The highest BCUT2D eigenvalue weighted by atomic mass is 32.2. The molecule has 1 heterocycles. The maximum atomic E-state index is 12.5. The van der Waals surface area contributed by atoms with Gasteiger partial charge in [-0.2, -0.15) is 0 Å². The molecule has 0 aromatic carbocycles. The van der Waals surface area contributed by atoms with Crippen molar-refractivity contribution < 1.29 is 13.4 Å². The number of furan rings is 1.